The van der Waals surface area contributed by atoms with Gasteiger partial charge >= 0.3 is 0 Å². The molecule has 0 saturated heterocycles. The minimum atomic E-state index is 0.810. The number of ether oxygens (including phenoxy) is 1. The number of methoxy groups -OCH3 is 1. The van der Waals surface area contributed by atoms with Gasteiger partial charge in [-0.05, 0) is 19.1 Å². The number of rotatable bonds is 2. The summed E-state index contributed by atoms with van der Waals surface area (Å²) in [7, 11) is 1.67. The first-order chi connectivity index (χ1) is 9.26. The maximum atomic E-state index is 5.54. The maximum absolute atomic E-state index is 5.54. The number of aryl methyl sites for hydroxylation is 1. The van der Waals surface area contributed by atoms with Crippen LogP contribution in [-0.2, 0) is 0 Å². The first-order valence-corrected chi connectivity index (χ1v) is 6.10. The molecule has 0 amide bonds. The van der Waals surface area contributed by atoms with Crippen LogP contribution < -0.4 is 4.74 Å². The van der Waals surface area contributed by atoms with Crippen molar-refractivity contribution in [1.29, 1.82) is 0 Å². The van der Waals surface area contributed by atoms with Crippen molar-refractivity contribution in [3.05, 3.63) is 48.3 Å². The Morgan fingerprint density at radius 2 is 2.05 bits per heavy atom. The Morgan fingerprint density at radius 3 is 2.79 bits per heavy atom. The molecule has 0 aliphatic carbocycles. The molecule has 0 aliphatic rings. The summed E-state index contributed by atoms with van der Waals surface area (Å²) in [6.45, 7) is 5.79. The van der Waals surface area contributed by atoms with Crippen molar-refractivity contribution in [2.24, 2.45) is 0 Å². The van der Waals surface area contributed by atoms with Crippen LogP contribution >= 0.6 is 0 Å². The third-order valence-corrected chi connectivity index (χ3v) is 3.31. The molecule has 0 aliphatic heterocycles. The highest BCUT2D eigenvalue weighted by molar-refractivity contribution is 6.06. The Labute approximate surface area is 111 Å². The van der Waals surface area contributed by atoms with E-state index in [1.807, 2.05) is 31.2 Å². The van der Waals surface area contributed by atoms with Crippen LogP contribution in [0.3, 0.4) is 0 Å². The number of pyridine rings is 2. The molecule has 3 heteroatoms. The summed E-state index contributed by atoms with van der Waals surface area (Å²) in [5.41, 5.74) is 3.61. The summed E-state index contributed by atoms with van der Waals surface area (Å²) >= 11 is 0. The first kappa shape index (κ1) is 11.7. The Kier molecular flexibility index (Phi) is 2.67. The molecule has 2 heterocycles. The minimum absolute atomic E-state index is 0.810. The molecule has 0 atom stereocenters. The zero-order valence-corrected chi connectivity index (χ0v) is 11.0. The normalized spacial score (nSPS) is 10.8. The van der Waals surface area contributed by atoms with E-state index in [0.717, 1.165) is 38.8 Å². The molecule has 0 bridgehead atoms. The molecule has 0 fully saturated rings. The van der Waals surface area contributed by atoms with Gasteiger partial charge in [0.05, 0.1) is 12.6 Å². The van der Waals surface area contributed by atoms with E-state index in [9.17, 15) is 0 Å². The molecule has 2 aromatic heterocycles. The third kappa shape index (κ3) is 1.66. The van der Waals surface area contributed by atoms with Crippen LogP contribution in [0.4, 0.5) is 0 Å². The number of nitrogens with zero attached hydrogens (tertiary/aromatic N) is 2. The van der Waals surface area contributed by atoms with Gasteiger partial charge in [0, 0.05) is 28.2 Å². The summed E-state index contributed by atoms with van der Waals surface area (Å²) in [5.74, 6) is 0.810. The van der Waals surface area contributed by atoms with Gasteiger partial charge in [0.25, 0.3) is 0 Å². The molecule has 0 unspecified atom stereocenters. The van der Waals surface area contributed by atoms with Crippen LogP contribution in [0, 0.1) is 6.92 Å². The average Bonchev–Trinajstić information content (AvgIpc) is 2.45. The van der Waals surface area contributed by atoms with E-state index in [1.165, 1.54) is 0 Å². The van der Waals surface area contributed by atoms with Crippen LogP contribution in [0.15, 0.2) is 37.0 Å². The minimum Gasteiger partial charge on any atom is -0.495 e. The summed E-state index contributed by atoms with van der Waals surface area (Å²) < 4.78 is 5.54. The number of benzene rings is 1. The lowest BCUT2D eigenvalue weighted by molar-refractivity contribution is 0.418. The predicted octanol–water partition coefficient (Wildman–Crippen LogP) is 3.74. The van der Waals surface area contributed by atoms with Gasteiger partial charge in [-0.1, -0.05) is 24.8 Å². The molecule has 19 heavy (non-hydrogen) atoms. The van der Waals surface area contributed by atoms with Gasteiger partial charge in [-0.2, -0.15) is 0 Å². The van der Waals surface area contributed by atoms with Gasteiger partial charge in [-0.15, -0.1) is 0 Å². The van der Waals surface area contributed by atoms with E-state index in [2.05, 4.69) is 16.5 Å². The summed E-state index contributed by atoms with van der Waals surface area (Å²) in [5, 5.41) is 2.05. The van der Waals surface area contributed by atoms with Gasteiger partial charge in [0.1, 0.15) is 11.3 Å². The Hall–Kier alpha value is -2.42. The smallest absolute Gasteiger partial charge is 0.137 e. The molecule has 0 spiro atoms. The molecular weight excluding hydrogens is 236 g/mol. The molecule has 1 aromatic carbocycles. The first-order valence-electron chi connectivity index (χ1n) is 6.10. The SMILES string of the molecule is C=Cc1c(C)nc2c(ccc3cccnc32)c1OC. The van der Waals surface area contributed by atoms with E-state index < -0.39 is 0 Å². The van der Waals surface area contributed by atoms with Crippen LogP contribution in [0.25, 0.3) is 27.9 Å². The zero-order chi connectivity index (χ0) is 13.4. The molecule has 0 saturated carbocycles. The van der Waals surface area contributed by atoms with Gasteiger partial charge in [-0.3, -0.25) is 4.98 Å². The van der Waals surface area contributed by atoms with Crippen LogP contribution in [0.1, 0.15) is 11.3 Å². The molecule has 94 valence electrons. The lowest BCUT2D eigenvalue weighted by atomic mass is 10.1. The van der Waals surface area contributed by atoms with Crippen LogP contribution in [0.5, 0.6) is 5.75 Å². The molecule has 3 aromatic rings. The Bertz CT molecular complexity index is 793. The highest BCUT2D eigenvalue weighted by Crippen LogP contribution is 2.34. The van der Waals surface area contributed by atoms with Crippen LogP contribution in [0.2, 0.25) is 0 Å². The Balaban J connectivity index is 2.55. The van der Waals surface area contributed by atoms with Gasteiger partial charge in [0.2, 0.25) is 0 Å². The fraction of sp³-hybridized carbons (Fsp3) is 0.125. The fourth-order valence-corrected chi connectivity index (χ4v) is 2.42. The predicted molar refractivity (Wildman–Crippen MR) is 78.4 cm³/mol. The summed E-state index contributed by atoms with van der Waals surface area (Å²) in [6, 6.07) is 8.03. The molecule has 3 nitrogen and oxygen atoms in total. The van der Waals surface area contributed by atoms with Crippen molar-refractivity contribution in [3.8, 4) is 5.75 Å². The lowest BCUT2D eigenvalue weighted by Gasteiger charge is -2.12. The lowest BCUT2D eigenvalue weighted by Crippen LogP contribution is -1.96. The van der Waals surface area contributed by atoms with E-state index in [4.69, 9.17) is 4.74 Å². The second kappa shape index (κ2) is 4.35. The van der Waals surface area contributed by atoms with E-state index >= 15 is 0 Å². The standard InChI is InChI=1S/C16H14N2O/c1-4-12-10(2)18-15-13(16(12)19-3)8-7-11-6-5-9-17-14(11)15/h4-9H,1H2,2-3H3. The summed E-state index contributed by atoms with van der Waals surface area (Å²) in [6.07, 6.45) is 3.57. The van der Waals surface area contributed by atoms with E-state index in [0.29, 0.717) is 0 Å². The van der Waals surface area contributed by atoms with Gasteiger partial charge in [0.15, 0.2) is 0 Å². The maximum Gasteiger partial charge on any atom is 0.137 e. The van der Waals surface area contributed by atoms with Crippen molar-refractivity contribution < 1.29 is 4.74 Å². The van der Waals surface area contributed by atoms with Crippen molar-refractivity contribution in [2.75, 3.05) is 7.11 Å². The van der Waals surface area contributed by atoms with Gasteiger partial charge < -0.3 is 4.74 Å². The van der Waals surface area contributed by atoms with Gasteiger partial charge in [-0.25, -0.2) is 4.98 Å². The topological polar surface area (TPSA) is 35.0 Å². The summed E-state index contributed by atoms with van der Waals surface area (Å²) in [4.78, 5) is 9.11. The van der Waals surface area contributed by atoms with Crippen molar-refractivity contribution >= 4 is 27.9 Å². The quantitative estimate of drug-likeness (QED) is 0.650. The zero-order valence-electron chi connectivity index (χ0n) is 11.0. The monoisotopic (exact) mass is 250 g/mol. The molecule has 0 N–H and O–H groups in total. The number of fused-ring (bicyclic) bond motifs is 3. The third-order valence-electron chi connectivity index (χ3n) is 3.31. The average molecular weight is 250 g/mol. The van der Waals surface area contributed by atoms with Crippen molar-refractivity contribution in [2.45, 2.75) is 6.92 Å². The highest BCUT2D eigenvalue weighted by Gasteiger charge is 2.13. The Morgan fingerprint density at radius 1 is 1.21 bits per heavy atom. The number of hydrogen-bond donors (Lipinski definition) is 0. The number of aromatic nitrogens is 2. The fourth-order valence-electron chi connectivity index (χ4n) is 2.42. The molecule has 0 radical (unpaired) electrons. The highest BCUT2D eigenvalue weighted by atomic mass is 16.5. The molecular formula is C16H14N2O. The van der Waals surface area contributed by atoms with Crippen molar-refractivity contribution in [1.82, 2.24) is 9.97 Å². The van der Waals surface area contributed by atoms with E-state index in [-0.39, 0.29) is 0 Å². The second-order valence-electron chi connectivity index (χ2n) is 4.39. The van der Waals surface area contributed by atoms with E-state index in [1.54, 1.807) is 19.4 Å². The van der Waals surface area contributed by atoms with Crippen LogP contribution in [-0.4, -0.2) is 17.1 Å². The molecule has 3 rings (SSSR count). The second-order valence-corrected chi connectivity index (χ2v) is 4.39. The largest absolute Gasteiger partial charge is 0.495 e. The number of hydrogen-bond acceptors (Lipinski definition) is 3. The van der Waals surface area contributed by atoms with Crippen molar-refractivity contribution in [3.63, 3.8) is 0 Å².